The van der Waals surface area contributed by atoms with Gasteiger partial charge in [-0.3, -0.25) is 0 Å². The van der Waals surface area contributed by atoms with Crippen LogP contribution in [-0.2, 0) is 6.42 Å². The maximum Gasteiger partial charge on any atom is 0.123 e. The average molecular weight is 233 g/mol. The van der Waals surface area contributed by atoms with Gasteiger partial charge in [-0.2, -0.15) is 0 Å². The summed E-state index contributed by atoms with van der Waals surface area (Å²) in [6.07, 6.45) is 4.68. The van der Waals surface area contributed by atoms with Crippen LogP contribution < -0.4 is 10.5 Å². The Morgan fingerprint density at radius 2 is 2.06 bits per heavy atom. The molecule has 0 saturated carbocycles. The first-order valence-electron chi connectivity index (χ1n) is 6.67. The van der Waals surface area contributed by atoms with Crippen LogP contribution in [-0.4, -0.2) is 12.1 Å². The lowest BCUT2D eigenvalue weighted by Gasteiger charge is -2.19. The van der Waals surface area contributed by atoms with Gasteiger partial charge in [-0.15, -0.1) is 0 Å². The Labute approximate surface area is 104 Å². The van der Waals surface area contributed by atoms with Crippen molar-refractivity contribution in [2.24, 2.45) is 11.7 Å². The van der Waals surface area contributed by atoms with E-state index in [1.54, 1.807) is 0 Å². The lowest BCUT2D eigenvalue weighted by molar-refractivity contribution is 0.190. The maximum absolute atomic E-state index is 6.22. The molecule has 0 amide bonds. The van der Waals surface area contributed by atoms with Gasteiger partial charge in [0.05, 0.1) is 0 Å². The minimum atomic E-state index is 0.168. The van der Waals surface area contributed by atoms with E-state index >= 15 is 0 Å². The van der Waals surface area contributed by atoms with E-state index in [0.717, 1.165) is 24.5 Å². The molecule has 2 rings (SSSR count). The number of benzene rings is 1. The Hall–Kier alpha value is -1.02. The highest BCUT2D eigenvalue weighted by molar-refractivity contribution is 5.37. The second-order valence-corrected chi connectivity index (χ2v) is 5.46. The Morgan fingerprint density at radius 3 is 2.76 bits per heavy atom. The summed E-state index contributed by atoms with van der Waals surface area (Å²) in [5.41, 5.74) is 7.52. The lowest BCUT2D eigenvalue weighted by Crippen LogP contribution is -2.37. The van der Waals surface area contributed by atoms with Crippen LogP contribution in [0.1, 0.15) is 38.7 Å². The molecule has 1 aromatic rings. The smallest absolute Gasteiger partial charge is 0.123 e. The second-order valence-electron chi connectivity index (χ2n) is 5.46. The van der Waals surface area contributed by atoms with E-state index in [1.165, 1.54) is 18.4 Å². The molecule has 2 atom stereocenters. The fourth-order valence-electron chi connectivity index (χ4n) is 2.40. The van der Waals surface area contributed by atoms with E-state index < -0.39 is 0 Å². The van der Waals surface area contributed by atoms with Crippen LogP contribution in [0.3, 0.4) is 0 Å². The number of ether oxygens (including phenoxy) is 1. The number of hydrogen-bond acceptors (Lipinski definition) is 2. The van der Waals surface area contributed by atoms with Crippen molar-refractivity contribution in [2.75, 3.05) is 0 Å². The van der Waals surface area contributed by atoms with Crippen LogP contribution in [0.15, 0.2) is 24.3 Å². The summed E-state index contributed by atoms with van der Waals surface area (Å²) in [7, 11) is 0. The number of para-hydroxylation sites is 1. The van der Waals surface area contributed by atoms with E-state index in [9.17, 15) is 0 Å². The van der Waals surface area contributed by atoms with Crippen LogP contribution in [0.2, 0.25) is 0 Å². The zero-order chi connectivity index (χ0) is 12.3. The molecule has 94 valence electrons. The van der Waals surface area contributed by atoms with Crippen LogP contribution in [0.5, 0.6) is 5.75 Å². The van der Waals surface area contributed by atoms with Crippen LogP contribution in [0.4, 0.5) is 0 Å². The summed E-state index contributed by atoms with van der Waals surface area (Å²) < 4.78 is 5.90. The number of rotatable bonds is 5. The Kier molecular flexibility index (Phi) is 4.06. The highest BCUT2D eigenvalue weighted by atomic mass is 16.5. The first kappa shape index (κ1) is 12.4. The van der Waals surface area contributed by atoms with Gasteiger partial charge in [-0.25, -0.2) is 0 Å². The quantitative estimate of drug-likeness (QED) is 0.848. The molecular formula is C15H23NO. The zero-order valence-electron chi connectivity index (χ0n) is 10.9. The van der Waals surface area contributed by atoms with E-state index in [0.29, 0.717) is 0 Å². The molecule has 1 aliphatic rings. The average Bonchev–Trinajstić information content (AvgIpc) is 2.71. The Morgan fingerprint density at radius 1 is 1.29 bits per heavy atom. The van der Waals surface area contributed by atoms with Crippen molar-refractivity contribution in [3.05, 3.63) is 29.8 Å². The topological polar surface area (TPSA) is 35.2 Å². The van der Waals surface area contributed by atoms with Gasteiger partial charge in [0.15, 0.2) is 0 Å². The molecule has 2 heteroatoms. The highest BCUT2D eigenvalue weighted by Crippen LogP contribution is 2.30. The largest absolute Gasteiger partial charge is 0.488 e. The van der Waals surface area contributed by atoms with E-state index in [-0.39, 0.29) is 12.1 Å². The van der Waals surface area contributed by atoms with Gasteiger partial charge in [-0.1, -0.05) is 44.9 Å². The molecule has 2 unspecified atom stereocenters. The maximum atomic E-state index is 6.22. The minimum Gasteiger partial charge on any atom is -0.488 e. The summed E-state index contributed by atoms with van der Waals surface area (Å²) in [6, 6.07) is 8.42. The normalized spacial score (nSPS) is 20.1. The highest BCUT2D eigenvalue weighted by Gasteiger charge is 2.27. The van der Waals surface area contributed by atoms with Gasteiger partial charge in [-0.05, 0) is 24.0 Å². The third-order valence-electron chi connectivity index (χ3n) is 3.47. The molecule has 0 fully saturated rings. The van der Waals surface area contributed by atoms with Gasteiger partial charge in [0.25, 0.3) is 0 Å². The molecule has 1 heterocycles. The number of fused-ring (bicyclic) bond motifs is 1. The van der Waals surface area contributed by atoms with Crippen molar-refractivity contribution in [2.45, 2.75) is 51.7 Å². The van der Waals surface area contributed by atoms with Crippen molar-refractivity contribution in [3.8, 4) is 5.75 Å². The molecule has 0 saturated heterocycles. The molecule has 0 spiro atoms. The van der Waals surface area contributed by atoms with Gasteiger partial charge < -0.3 is 10.5 Å². The molecule has 1 aromatic carbocycles. The summed E-state index contributed by atoms with van der Waals surface area (Å²) in [4.78, 5) is 0. The van der Waals surface area contributed by atoms with E-state index in [4.69, 9.17) is 10.5 Å². The molecule has 2 nitrogen and oxygen atoms in total. The minimum absolute atomic E-state index is 0.168. The lowest BCUT2D eigenvalue weighted by atomic mass is 9.98. The summed E-state index contributed by atoms with van der Waals surface area (Å²) in [5, 5.41) is 0. The van der Waals surface area contributed by atoms with E-state index in [2.05, 4.69) is 26.0 Å². The first-order chi connectivity index (χ1) is 8.16. The van der Waals surface area contributed by atoms with Gasteiger partial charge in [0.1, 0.15) is 11.9 Å². The zero-order valence-corrected chi connectivity index (χ0v) is 10.9. The molecule has 2 N–H and O–H groups in total. The summed E-state index contributed by atoms with van der Waals surface area (Å²) >= 11 is 0. The van der Waals surface area contributed by atoms with Crippen LogP contribution in [0.25, 0.3) is 0 Å². The predicted molar refractivity (Wildman–Crippen MR) is 71.2 cm³/mol. The van der Waals surface area contributed by atoms with Crippen molar-refractivity contribution < 1.29 is 4.74 Å². The second kappa shape index (κ2) is 5.54. The monoisotopic (exact) mass is 233 g/mol. The third kappa shape index (κ3) is 3.22. The molecule has 0 aliphatic carbocycles. The van der Waals surface area contributed by atoms with Crippen molar-refractivity contribution in [1.29, 1.82) is 0 Å². The fraction of sp³-hybridized carbons (Fsp3) is 0.600. The standard InChI is InChI=1S/C15H23NO/c1-11(2)6-5-8-13(16)15-10-12-7-3-4-9-14(12)17-15/h3-4,7,9,11,13,15H,5-6,8,10,16H2,1-2H3. The summed E-state index contributed by atoms with van der Waals surface area (Å²) in [5.74, 6) is 1.79. The van der Waals surface area contributed by atoms with Crippen molar-refractivity contribution in [3.63, 3.8) is 0 Å². The number of nitrogens with two attached hydrogens (primary N) is 1. The van der Waals surface area contributed by atoms with Gasteiger partial charge >= 0.3 is 0 Å². The van der Waals surface area contributed by atoms with E-state index in [1.807, 2.05) is 12.1 Å². The molecule has 1 aliphatic heterocycles. The Bertz CT molecular complexity index is 337. The predicted octanol–water partition coefficient (Wildman–Crippen LogP) is 3.14. The SMILES string of the molecule is CC(C)CCCC(N)C1Cc2ccccc2O1. The molecule has 0 bridgehead atoms. The molecule has 17 heavy (non-hydrogen) atoms. The fourth-order valence-corrected chi connectivity index (χ4v) is 2.40. The molecule has 0 aromatic heterocycles. The number of hydrogen-bond donors (Lipinski definition) is 1. The first-order valence-corrected chi connectivity index (χ1v) is 6.67. The Balaban J connectivity index is 1.81. The van der Waals surface area contributed by atoms with Gasteiger partial charge in [0, 0.05) is 12.5 Å². The molecule has 0 radical (unpaired) electrons. The van der Waals surface area contributed by atoms with Crippen molar-refractivity contribution >= 4 is 0 Å². The van der Waals surface area contributed by atoms with Crippen molar-refractivity contribution in [1.82, 2.24) is 0 Å². The molecular weight excluding hydrogens is 210 g/mol. The third-order valence-corrected chi connectivity index (χ3v) is 3.47. The van der Waals surface area contributed by atoms with Crippen LogP contribution >= 0.6 is 0 Å². The summed E-state index contributed by atoms with van der Waals surface area (Å²) in [6.45, 7) is 4.51. The van der Waals surface area contributed by atoms with Crippen LogP contribution in [0, 0.1) is 5.92 Å². The van der Waals surface area contributed by atoms with Gasteiger partial charge in [0.2, 0.25) is 0 Å².